The van der Waals surface area contributed by atoms with Gasteiger partial charge in [0.05, 0.1) is 5.69 Å². The van der Waals surface area contributed by atoms with Crippen LogP contribution < -0.4 is 5.73 Å². The van der Waals surface area contributed by atoms with E-state index in [4.69, 9.17) is 5.73 Å². The van der Waals surface area contributed by atoms with E-state index in [0.717, 1.165) is 23.1 Å². The Bertz CT molecular complexity index is 723. The molecule has 0 saturated heterocycles. The Kier molecular flexibility index (Phi) is 2.71. The molecule has 0 saturated carbocycles. The van der Waals surface area contributed by atoms with Gasteiger partial charge in [0.25, 0.3) is 0 Å². The number of pyridine rings is 1. The van der Waals surface area contributed by atoms with E-state index in [2.05, 4.69) is 35.2 Å². The Morgan fingerprint density at radius 1 is 1.21 bits per heavy atom. The molecule has 0 atom stereocenters. The standard InChI is InChI=1S/C15H16N4/c1-3-10-8-17-9-12-6-11(4-5-13(10)12)14-7-15(16)19(2)18-14/h4-9H,3,16H2,1-2H3. The van der Waals surface area contributed by atoms with Gasteiger partial charge in [-0.1, -0.05) is 19.1 Å². The van der Waals surface area contributed by atoms with Gasteiger partial charge in [0.2, 0.25) is 0 Å². The predicted octanol–water partition coefficient (Wildman–Crippen LogP) is 2.78. The number of nitrogens with two attached hydrogens (primary N) is 1. The number of aryl methyl sites for hydroxylation is 2. The Balaban J connectivity index is 2.16. The molecule has 0 fully saturated rings. The lowest BCUT2D eigenvalue weighted by atomic mass is 10.0. The maximum absolute atomic E-state index is 5.82. The summed E-state index contributed by atoms with van der Waals surface area (Å²) in [6, 6.07) is 8.22. The topological polar surface area (TPSA) is 56.7 Å². The van der Waals surface area contributed by atoms with Crippen LogP contribution in [0.3, 0.4) is 0 Å². The molecule has 96 valence electrons. The maximum atomic E-state index is 5.82. The highest BCUT2D eigenvalue weighted by Gasteiger charge is 2.07. The smallest absolute Gasteiger partial charge is 0.121 e. The zero-order valence-corrected chi connectivity index (χ0v) is 11.1. The van der Waals surface area contributed by atoms with Crippen LogP contribution in [0.25, 0.3) is 22.0 Å². The van der Waals surface area contributed by atoms with Crippen molar-refractivity contribution in [3.05, 3.63) is 42.2 Å². The summed E-state index contributed by atoms with van der Waals surface area (Å²) in [5.74, 6) is 0.663. The minimum atomic E-state index is 0.663. The summed E-state index contributed by atoms with van der Waals surface area (Å²) in [5.41, 5.74) is 9.05. The van der Waals surface area contributed by atoms with Crippen LogP contribution >= 0.6 is 0 Å². The average molecular weight is 252 g/mol. The normalized spacial score (nSPS) is 11.1. The Labute approximate surface area is 111 Å². The summed E-state index contributed by atoms with van der Waals surface area (Å²) in [5, 5.41) is 6.80. The highest BCUT2D eigenvalue weighted by Crippen LogP contribution is 2.26. The van der Waals surface area contributed by atoms with Crippen molar-refractivity contribution in [3.63, 3.8) is 0 Å². The molecule has 0 spiro atoms. The van der Waals surface area contributed by atoms with Gasteiger partial charge < -0.3 is 5.73 Å². The van der Waals surface area contributed by atoms with Crippen LogP contribution in [-0.2, 0) is 13.5 Å². The molecular weight excluding hydrogens is 236 g/mol. The lowest BCUT2D eigenvalue weighted by Gasteiger charge is -2.05. The number of nitrogens with zero attached hydrogens (tertiary/aromatic N) is 3. The fourth-order valence-electron chi connectivity index (χ4n) is 2.30. The Hall–Kier alpha value is -2.36. The number of hydrogen-bond acceptors (Lipinski definition) is 3. The molecule has 0 amide bonds. The second-order valence-electron chi connectivity index (χ2n) is 4.67. The van der Waals surface area contributed by atoms with Crippen molar-refractivity contribution in [2.45, 2.75) is 13.3 Å². The fourth-order valence-corrected chi connectivity index (χ4v) is 2.30. The summed E-state index contributed by atoms with van der Waals surface area (Å²) >= 11 is 0. The Morgan fingerprint density at radius 2 is 2.05 bits per heavy atom. The molecule has 0 aliphatic carbocycles. The molecule has 0 aliphatic heterocycles. The molecule has 2 heterocycles. The van der Waals surface area contributed by atoms with Crippen molar-refractivity contribution in [1.82, 2.24) is 14.8 Å². The number of anilines is 1. The minimum Gasteiger partial charge on any atom is -0.384 e. The van der Waals surface area contributed by atoms with Gasteiger partial charge in [0.1, 0.15) is 5.82 Å². The predicted molar refractivity (Wildman–Crippen MR) is 77.7 cm³/mol. The third-order valence-electron chi connectivity index (χ3n) is 3.43. The summed E-state index contributed by atoms with van der Waals surface area (Å²) < 4.78 is 1.68. The van der Waals surface area contributed by atoms with Crippen LogP contribution in [0.1, 0.15) is 12.5 Å². The molecule has 0 unspecified atom stereocenters. The molecule has 3 aromatic rings. The SMILES string of the molecule is CCc1cncc2cc(-c3cc(N)n(C)n3)ccc12. The molecule has 2 aromatic heterocycles. The van der Waals surface area contributed by atoms with E-state index in [9.17, 15) is 0 Å². The second-order valence-corrected chi connectivity index (χ2v) is 4.67. The molecular formula is C15H16N4. The van der Waals surface area contributed by atoms with E-state index < -0.39 is 0 Å². The molecule has 2 N–H and O–H groups in total. The largest absolute Gasteiger partial charge is 0.384 e. The molecule has 4 nitrogen and oxygen atoms in total. The van der Waals surface area contributed by atoms with E-state index in [0.29, 0.717) is 5.82 Å². The zero-order chi connectivity index (χ0) is 13.4. The van der Waals surface area contributed by atoms with Crippen LogP contribution in [0.15, 0.2) is 36.7 Å². The summed E-state index contributed by atoms with van der Waals surface area (Å²) in [6.07, 6.45) is 4.81. The van der Waals surface area contributed by atoms with E-state index >= 15 is 0 Å². The van der Waals surface area contributed by atoms with Crippen molar-refractivity contribution in [3.8, 4) is 11.3 Å². The van der Waals surface area contributed by atoms with Crippen LogP contribution in [-0.4, -0.2) is 14.8 Å². The van der Waals surface area contributed by atoms with Gasteiger partial charge in [0.15, 0.2) is 0 Å². The van der Waals surface area contributed by atoms with Crippen molar-refractivity contribution in [2.75, 3.05) is 5.73 Å². The van der Waals surface area contributed by atoms with Crippen LogP contribution in [0, 0.1) is 0 Å². The van der Waals surface area contributed by atoms with E-state index in [1.54, 1.807) is 4.68 Å². The first-order chi connectivity index (χ1) is 9.19. The highest BCUT2D eigenvalue weighted by atomic mass is 15.3. The number of benzene rings is 1. The van der Waals surface area contributed by atoms with Gasteiger partial charge in [-0.2, -0.15) is 5.10 Å². The summed E-state index contributed by atoms with van der Waals surface area (Å²) in [7, 11) is 1.84. The first kappa shape index (κ1) is 11.7. The summed E-state index contributed by atoms with van der Waals surface area (Å²) in [4.78, 5) is 4.29. The van der Waals surface area contributed by atoms with Gasteiger partial charge in [0, 0.05) is 36.5 Å². The van der Waals surface area contributed by atoms with Crippen molar-refractivity contribution < 1.29 is 0 Å². The molecule has 0 aliphatic rings. The van der Waals surface area contributed by atoms with E-state index in [1.807, 2.05) is 25.5 Å². The maximum Gasteiger partial charge on any atom is 0.121 e. The van der Waals surface area contributed by atoms with Gasteiger partial charge in [-0.3, -0.25) is 9.67 Å². The third kappa shape index (κ3) is 1.95. The molecule has 1 aromatic carbocycles. The molecule has 19 heavy (non-hydrogen) atoms. The quantitative estimate of drug-likeness (QED) is 0.763. The van der Waals surface area contributed by atoms with E-state index in [1.165, 1.54) is 10.9 Å². The summed E-state index contributed by atoms with van der Waals surface area (Å²) in [6.45, 7) is 2.14. The van der Waals surface area contributed by atoms with Crippen molar-refractivity contribution in [1.29, 1.82) is 0 Å². The number of hydrogen-bond donors (Lipinski definition) is 1. The first-order valence-electron chi connectivity index (χ1n) is 6.35. The van der Waals surface area contributed by atoms with Gasteiger partial charge in [-0.25, -0.2) is 0 Å². The van der Waals surface area contributed by atoms with E-state index in [-0.39, 0.29) is 0 Å². The first-order valence-corrected chi connectivity index (χ1v) is 6.35. The fraction of sp³-hybridized carbons (Fsp3) is 0.200. The van der Waals surface area contributed by atoms with Gasteiger partial charge in [-0.05, 0) is 23.4 Å². The molecule has 4 heteroatoms. The molecule has 3 rings (SSSR count). The number of nitrogen functional groups attached to an aromatic ring is 1. The number of rotatable bonds is 2. The number of fused-ring (bicyclic) bond motifs is 1. The average Bonchev–Trinajstić information content (AvgIpc) is 2.77. The Morgan fingerprint density at radius 3 is 2.74 bits per heavy atom. The number of aromatic nitrogens is 3. The molecule has 0 radical (unpaired) electrons. The van der Waals surface area contributed by atoms with Crippen molar-refractivity contribution in [2.24, 2.45) is 7.05 Å². The highest BCUT2D eigenvalue weighted by molar-refractivity contribution is 5.88. The van der Waals surface area contributed by atoms with Crippen LogP contribution in [0.5, 0.6) is 0 Å². The minimum absolute atomic E-state index is 0.663. The lowest BCUT2D eigenvalue weighted by Crippen LogP contribution is -1.96. The van der Waals surface area contributed by atoms with Crippen LogP contribution in [0.4, 0.5) is 5.82 Å². The second kappa shape index (κ2) is 4.39. The molecule has 0 bridgehead atoms. The van der Waals surface area contributed by atoms with Gasteiger partial charge >= 0.3 is 0 Å². The van der Waals surface area contributed by atoms with Gasteiger partial charge in [-0.15, -0.1) is 0 Å². The monoisotopic (exact) mass is 252 g/mol. The lowest BCUT2D eigenvalue weighted by molar-refractivity contribution is 0.782. The van der Waals surface area contributed by atoms with Crippen molar-refractivity contribution >= 4 is 16.6 Å². The third-order valence-corrected chi connectivity index (χ3v) is 3.43. The van der Waals surface area contributed by atoms with Crippen LogP contribution in [0.2, 0.25) is 0 Å². The zero-order valence-electron chi connectivity index (χ0n) is 11.1.